The SMILES string of the molecule is Cc1cc(C)c(-c2cc(O)cc(F)c2)cc1C. The highest BCUT2D eigenvalue weighted by atomic mass is 19.1. The third kappa shape index (κ3) is 2.31. The van der Waals surface area contributed by atoms with Crippen LogP contribution in [0.5, 0.6) is 5.75 Å². The van der Waals surface area contributed by atoms with E-state index in [2.05, 4.69) is 13.0 Å². The molecule has 0 unspecified atom stereocenters. The van der Waals surface area contributed by atoms with Crippen LogP contribution in [0.15, 0.2) is 30.3 Å². The molecule has 0 spiro atoms. The Kier molecular flexibility index (Phi) is 2.88. The number of aromatic hydroxyl groups is 1. The van der Waals surface area contributed by atoms with Gasteiger partial charge in [0, 0.05) is 6.07 Å². The second-order valence-electron chi connectivity index (χ2n) is 4.45. The van der Waals surface area contributed by atoms with Gasteiger partial charge in [0.15, 0.2) is 0 Å². The second-order valence-corrected chi connectivity index (χ2v) is 4.45. The highest BCUT2D eigenvalue weighted by Gasteiger charge is 2.07. The number of phenolic OH excluding ortho intramolecular Hbond substituents is 1. The summed E-state index contributed by atoms with van der Waals surface area (Å²) in [4.78, 5) is 0. The molecule has 0 aromatic heterocycles. The van der Waals surface area contributed by atoms with Gasteiger partial charge in [0.2, 0.25) is 0 Å². The minimum Gasteiger partial charge on any atom is -0.508 e. The maximum atomic E-state index is 13.3. The molecule has 0 heterocycles. The van der Waals surface area contributed by atoms with Crippen molar-refractivity contribution in [2.45, 2.75) is 20.8 Å². The van der Waals surface area contributed by atoms with Gasteiger partial charge < -0.3 is 5.11 Å². The fourth-order valence-corrected chi connectivity index (χ4v) is 2.00. The van der Waals surface area contributed by atoms with Crippen molar-refractivity contribution in [3.8, 4) is 16.9 Å². The highest BCUT2D eigenvalue weighted by Crippen LogP contribution is 2.29. The standard InChI is InChI=1S/C15H15FO/c1-9-4-11(3)15(5-10(9)2)12-6-13(16)8-14(17)7-12/h4-8,17H,1-3H3. The van der Waals surface area contributed by atoms with E-state index < -0.39 is 5.82 Å². The van der Waals surface area contributed by atoms with Crippen LogP contribution in [0, 0.1) is 26.6 Å². The fraction of sp³-hybridized carbons (Fsp3) is 0.200. The van der Waals surface area contributed by atoms with E-state index >= 15 is 0 Å². The lowest BCUT2D eigenvalue weighted by atomic mass is 9.95. The Hall–Kier alpha value is -1.83. The van der Waals surface area contributed by atoms with Crippen LogP contribution in [0.2, 0.25) is 0 Å². The van der Waals surface area contributed by atoms with Gasteiger partial charge in [-0.1, -0.05) is 12.1 Å². The van der Waals surface area contributed by atoms with Crippen molar-refractivity contribution in [2.24, 2.45) is 0 Å². The summed E-state index contributed by atoms with van der Waals surface area (Å²) < 4.78 is 13.3. The van der Waals surface area contributed by atoms with Crippen molar-refractivity contribution in [1.82, 2.24) is 0 Å². The molecule has 2 aromatic carbocycles. The summed E-state index contributed by atoms with van der Waals surface area (Å²) in [6, 6.07) is 8.24. The Morgan fingerprint density at radius 1 is 0.824 bits per heavy atom. The van der Waals surface area contributed by atoms with Crippen molar-refractivity contribution >= 4 is 0 Å². The van der Waals surface area contributed by atoms with Crippen molar-refractivity contribution in [3.05, 3.63) is 52.8 Å². The van der Waals surface area contributed by atoms with E-state index in [0.717, 1.165) is 22.8 Å². The predicted octanol–water partition coefficient (Wildman–Crippen LogP) is 4.12. The fourth-order valence-electron chi connectivity index (χ4n) is 2.00. The predicted molar refractivity (Wildman–Crippen MR) is 67.7 cm³/mol. The third-order valence-corrected chi connectivity index (χ3v) is 3.03. The first-order chi connectivity index (χ1) is 7.97. The molecule has 0 aliphatic carbocycles. The molecule has 0 saturated carbocycles. The summed E-state index contributed by atoms with van der Waals surface area (Å²) >= 11 is 0. The molecule has 0 fully saturated rings. The zero-order valence-corrected chi connectivity index (χ0v) is 10.2. The Balaban J connectivity index is 2.64. The number of aryl methyl sites for hydroxylation is 3. The first kappa shape index (κ1) is 11.6. The van der Waals surface area contributed by atoms with Crippen LogP contribution in [-0.4, -0.2) is 5.11 Å². The molecule has 2 aromatic rings. The van der Waals surface area contributed by atoms with E-state index in [1.807, 2.05) is 19.9 Å². The Morgan fingerprint density at radius 2 is 1.47 bits per heavy atom. The summed E-state index contributed by atoms with van der Waals surface area (Å²) in [6.07, 6.45) is 0. The van der Waals surface area contributed by atoms with Crippen LogP contribution in [0.25, 0.3) is 11.1 Å². The number of hydrogen-bond acceptors (Lipinski definition) is 1. The van der Waals surface area contributed by atoms with E-state index in [9.17, 15) is 9.50 Å². The van der Waals surface area contributed by atoms with E-state index in [-0.39, 0.29) is 5.75 Å². The molecule has 0 amide bonds. The van der Waals surface area contributed by atoms with Crippen molar-refractivity contribution < 1.29 is 9.50 Å². The summed E-state index contributed by atoms with van der Waals surface area (Å²) in [5.74, 6) is -0.463. The van der Waals surface area contributed by atoms with Gasteiger partial charge in [-0.05, 0) is 60.7 Å². The number of rotatable bonds is 1. The normalized spacial score (nSPS) is 10.6. The minimum atomic E-state index is -0.419. The average molecular weight is 230 g/mol. The molecule has 2 heteroatoms. The summed E-state index contributed by atoms with van der Waals surface area (Å²) in [5.41, 5.74) is 5.13. The quantitative estimate of drug-likeness (QED) is 0.781. The van der Waals surface area contributed by atoms with E-state index in [4.69, 9.17) is 0 Å². The van der Waals surface area contributed by atoms with Gasteiger partial charge in [-0.15, -0.1) is 0 Å². The number of hydrogen-bond donors (Lipinski definition) is 1. The first-order valence-electron chi connectivity index (χ1n) is 5.55. The zero-order chi connectivity index (χ0) is 12.6. The lowest BCUT2D eigenvalue weighted by molar-refractivity contribution is 0.469. The van der Waals surface area contributed by atoms with Crippen LogP contribution >= 0.6 is 0 Å². The lowest BCUT2D eigenvalue weighted by Gasteiger charge is -2.10. The molecule has 0 aliphatic heterocycles. The number of benzene rings is 2. The van der Waals surface area contributed by atoms with E-state index in [0.29, 0.717) is 5.56 Å². The van der Waals surface area contributed by atoms with Crippen LogP contribution < -0.4 is 0 Å². The second kappa shape index (κ2) is 4.21. The van der Waals surface area contributed by atoms with Crippen molar-refractivity contribution in [1.29, 1.82) is 0 Å². The Bertz CT molecular complexity index is 553. The molecular weight excluding hydrogens is 215 g/mol. The zero-order valence-electron chi connectivity index (χ0n) is 10.2. The van der Waals surface area contributed by atoms with Gasteiger partial charge in [0.05, 0.1) is 0 Å². The van der Waals surface area contributed by atoms with Gasteiger partial charge in [0.1, 0.15) is 11.6 Å². The molecule has 2 rings (SSSR count). The van der Waals surface area contributed by atoms with Crippen LogP contribution in [-0.2, 0) is 0 Å². The minimum absolute atomic E-state index is 0.0439. The topological polar surface area (TPSA) is 20.2 Å². The molecule has 0 saturated heterocycles. The van der Waals surface area contributed by atoms with Crippen LogP contribution in [0.3, 0.4) is 0 Å². The molecule has 17 heavy (non-hydrogen) atoms. The van der Waals surface area contributed by atoms with Crippen molar-refractivity contribution in [2.75, 3.05) is 0 Å². The van der Waals surface area contributed by atoms with E-state index in [1.54, 1.807) is 6.07 Å². The molecule has 0 atom stereocenters. The summed E-state index contributed by atoms with van der Waals surface area (Å²) in [7, 11) is 0. The summed E-state index contributed by atoms with van der Waals surface area (Å²) in [6.45, 7) is 6.07. The van der Waals surface area contributed by atoms with Crippen molar-refractivity contribution in [3.63, 3.8) is 0 Å². The van der Waals surface area contributed by atoms with E-state index in [1.165, 1.54) is 11.6 Å². The lowest BCUT2D eigenvalue weighted by Crippen LogP contribution is -1.89. The van der Waals surface area contributed by atoms with Gasteiger partial charge in [0.25, 0.3) is 0 Å². The monoisotopic (exact) mass is 230 g/mol. The van der Waals surface area contributed by atoms with Gasteiger partial charge >= 0.3 is 0 Å². The molecule has 88 valence electrons. The molecule has 0 radical (unpaired) electrons. The van der Waals surface area contributed by atoms with Gasteiger partial charge in [-0.25, -0.2) is 4.39 Å². The molecule has 1 nitrogen and oxygen atoms in total. The van der Waals surface area contributed by atoms with Crippen LogP contribution in [0.1, 0.15) is 16.7 Å². The Labute approximate surface area is 101 Å². The number of halogens is 1. The number of phenols is 1. The third-order valence-electron chi connectivity index (χ3n) is 3.03. The smallest absolute Gasteiger partial charge is 0.127 e. The molecule has 0 bridgehead atoms. The average Bonchev–Trinajstić information content (AvgIpc) is 2.22. The van der Waals surface area contributed by atoms with Gasteiger partial charge in [-0.3, -0.25) is 0 Å². The molecular formula is C15H15FO. The maximum Gasteiger partial charge on any atom is 0.127 e. The summed E-state index contributed by atoms with van der Waals surface area (Å²) in [5, 5.41) is 9.43. The maximum absolute atomic E-state index is 13.3. The largest absolute Gasteiger partial charge is 0.508 e. The molecule has 1 N–H and O–H groups in total. The Morgan fingerprint density at radius 3 is 2.12 bits per heavy atom. The highest BCUT2D eigenvalue weighted by molar-refractivity contribution is 5.70. The first-order valence-corrected chi connectivity index (χ1v) is 5.55. The van der Waals surface area contributed by atoms with Crippen LogP contribution in [0.4, 0.5) is 4.39 Å². The molecule has 0 aliphatic rings. The van der Waals surface area contributed by atoms with Gasteiger partial charge in [-0.2, -0.15) is 0 Å².